The van der Waals surface area contributed by atoms with Crippen molar-refractivity contribution in [2.24, 2.45) is 7.05 Å². The molecule has 1 amide bonds. The van der Waals surface area contributed by atoms with Gasteiger partial charge in [0.05, 0.1) is 6.04 Å². The van der Waals surface area contributed by atoms with Crippen LogP contribution in [0.2, 0.25) is 0 Å². The number of carbonyl (C=O) groups excluding carboxylic acids is 1. The first-order valence-corrected chi connectivity index (χ1v) is 9.88. The third kappa shape index (κ3) is 3.50. The van der Waals surface area contributed by atoms with E-state index < -0.39 is 0 Å². The van der Waals surface area contributed by atoms with Crippen molar-refractivity contribution < 1.29 is 4.79 Å². The molecule has 0 aliphatic heterocycles. The molecule has 2 aromatic heterocycles. The van der Waals surface area contributed by atoms with Crippen molar-refractivity contribution in [3.05, 3.63) is 100 Å². The molecule has 5 heteroatoms. The minimum absolute atomic E-state index is 0.204. The molecule has 0 saturated carbocycles. The zero-order valence-electron chi connectivity index (χ0n) is 17.2. The van der Waals surface area contributed by atoms with Gasteiger partial charge in [-0.15, -0.1) is 0 Å². The fraction of sp³-hybridized carbons (Fsp3) is 0.160. The maximum Gasteiger partial charge on any atom is 0.277 e. The fourth-order valence-corrected chi connectivity index (χ4v) is 3.70. The van der Waals surface area contributed by atoms with Crippen molar-refractivity contribution in [2.45, 2.75) is 19.9 Å². The van der Waals surface area contributed by atoms with Gasteiger partial charge in [-0.25, -0.2) is 0 Å². The van der Waals surface area contributed by atoms with E-state index >= 15 is 0 Å². The molecular formula is C25H23N3O2. The monoisotopic (exact) mass is 397 g/mol. The van der Waals surface area contributed by atoms with Crippen molar-refractivity contribution in [3.63, 3.8) is 0 Å². The number of carbonyl (C=O) groups is 1. The largest absolute Gasteiger partial charge is 0.344 e. The topological polar surface area (TPSA) is 64.0 Å². The Labute approximate surface area is 175 Å². The highest BCUT2D eigenvalue weighted by molar-refractivity contribution is 6.07. The predicted octanol–water partition coefficient (Wildman–Crippen LogP) is 4.40. The molecule has 0 bridgehead atoms. The van der Waals surface area contributed by atoms with Gasteiger partial charge in [0.25, 0.3) is 11.5 Å². The second kappa shape index (κ2) is 7.95. The molecule has 0 unspecified atom stereocenters. The second-order valence-electron chi connectivity index (χ2n) is 7.46. The first kappa shape index (κ1) is 19.6. The van der Waals surface area contributed by atoms with Gasteiger partial charge in [-0.3, -0.25) is 14.6 Å². The number of nitrogens with zero attached hydrogens (tertiary/aromatic N) is 2. The van der Waals surface area contributed by atoms with Gasteiger partial charge in [-0.2, -0.15) is 0 Å². The Kier molecular flexibility index (Phi) is 5.19. The van der Waals surface area contributed by atoms with E-state index in [0.29, 0.717) is 22.2 Å². The van der Waals surface area contributed by atoms with Crippen LogP contribution in [0.15, 0.2) is 77.7 Å². The molecule has 0 fully saturated rings. The number of benzene rings is 2. The average Bonchev–Trinajstić information content (AvgIpc) is 2.77. The van der Waals surface area contributed by atoms with Gasteiger partial charge in [0.15, 0.2) is 0 Å². The number of amides is 1. The quantitative estimate of drug-likeness (QED) is 0.555. The standard InChI is InChI=1S/C25H23N3O2/c1-16-11-13-19(14-12-16)21-20-10-7-15-26-22(20)25(30)28(3)23(21)24(29)27-17(2)18-8-5-4-6-9-18/h4-15,17H,1-3H3,(H,27,29)/t17-/m0/s1. The maximum atomic E-state index is 13.4. The predicted molar refractivity (Wildman–Crippen MR) is 119 cm³/mol. The molecule has 2 heterocycles. The van der Waals surface area contributed by atoms with Crippen molar-refractivity contribution in [1.29, 1.82) is 0 Å². The van der Waals surface area contributed by atoms with E-state index in [1.165, 1.54) is 4.57 Å². The fourth-order valence-electron chi connectivity index (χ4n) is 3.70. The number of aromatic nitrogens is 2. The summed E-state index contributed by atoms with van der Waals surface area (Å²) in [6.07, 6.45) is 1.60. The van der Waals surface area contributed by atoms with Crippen LogP contribution in [0.4, 0.5) is 0 Å². The molecule has 1 N–H and O–H groups in total. The Morgan fingerprint density at radius 3 is 2.40 bits per heavy atom. The maximum absolute atomic E-state index is 13.4. The molecule has 2 aromatic carbocycles. The summed E-state index contributed by atoms with van der Waals surface area (Å²) in [5.41, 5.74) is 4.07. The van der Waals surface area contributed by atoms with Crippen molar-refractivity contribution >= 4 is 16.8 Å². The van der Waals surface area contributed by atoms with E-state index in [1.54, 1.807) is 19.3 Å². The molecule has 0 aliphatic carbocycles. The first-order valence-electron chi connectivity index (χ1n) is 9.88. The minimum Gasteiger partial charge on any atom is -0.344 e. The Hall–Kier alpha value is -3.73. The normalized spacial score (nSPS) is 12.0. The summed E-state index contributed by atoms with van der Waals surface area (Å²) in [7, 11) is 1.62. The Bertz CT molecular complexity index is 1280. The molecule has 1 atom stereocenters. The van der Waals surface area contributed by atoms with Gasteiger partial charge in [0, 0.05) is 24.2 Å². The summed E-state index contributed by atoms with van der Waals surface area (Å²) in [5.74, 6) is -0.299. The van der Waals surface area contributed by atoms with Crippen LogP contribution in [0.25, 0.3) is 22.0 Å². The summed E-state index contributed by atoms with van der Waals surface area (Å²) >= 11 is 0. The number of hydrogen-bond donors (Lipinski definition) is 1. The second-order valence-corrected chi connectivity index (χ2v) is 7.46. The SMILES string of the molecule is Cc1ccc(-c2c(C(=O)N[C@@H](C)c3ccccc3)n(C)c(=O)c3ncccc23)cc1. The summed E-state index contributed by atoms with van der Waals surface area (Å²) in [4.78, 5) is 30.7. The van der Waals surface area contributed by atoms with Gasteiger partial charge in [0.1, 0.15) is 11.2 Å². The lowest BCUT2D eigenvalue weighted by molar-refractivity contribution is 0.0931. The van der Waals surface area contributed by atoms with E-state index in [0.717, 1.165) is 16.7 Å². The van der Waals surface area contributed by atoms with Crippen LogP contribution in [0.3, 0.4) is 0 Å². The van der Waals surface area contributed by atoms with Gasteiger partial charge in [-0.05, 0) is 31.0 Å². The zero-order chi connectivity index (χ0) is 21.3. The lowest BCUT2D eigenvalue weighted by Gasteiger charge is -2.20. The van der Waals surface area contributed by atoms with E-state index in [2.05, 4.69) is 10.3 Å². The molecule has 0 spiro atoms. The van der Waals surface area contributed by atoms with E-state index in [4.69, 9.17) is 0 Å². The van der Waals surface area contributed by atoms with Gasteiger partial charge in [0.2, 0.25) is 0 Å². The number of pyridine rings is 2. The number of aryl methyl sites for hydroxylation is 1. The van der Waals surface area contributed by atoms with Crippen molar-refractivity contribution in [1.82, 2.24) is 14.9 Å². The van der Waals surface area contributed by atoms with Crippen LogP contribution in [-0.4, -0.2) is 15.5 Å². The summed E-state index contributed by atoms with van der Waals surface area (Å²) < 4.78 is 1.40. The Morgan fingerprint density at radius 1 is 1.00 bits per heavy atom. The molecule has 30 heavy (non-hydrogen) atoms. The van der Waals surface area contributed by atoms with E-state index in [-0.39, 0.29) is 17.5 Å². The van der Waals surface area contributed by atoms with E-state index in [1.807, 2.05) is 74.5 Å². The molecule has 0 saturated heterocycles. The third-order valence-electron chi connectivity index (χ3n) is 5.36. The van der Waals surface area contributed by atoms with Crippen molar-refractivity contribution in [3.8, 4) is 11.1 Å². The zero-order valence-corrected chi connectivity index (χ0v) is 17.2. The van der Waals surface area contributed by atoms with Crippen LogP contribution in [0.1, 0.15) is 34.6 Å². The number of rotatable bonds is 4. The van der Waals surface area contributed by atoms with Crippen LogP contribution in [0.5, 0.6) is 0 Å². The molecule has 150 valence electrons. The highest BCUT2D eigenvalue weighted by atomic mass is 16.2. The molecule has 0 aliphatic rings. The number of nitrogens with one attached hydrogen (secondary N) is 1. The highest BCUT2D eigenvalue weighted by Gasteiger charge is 2.23. The molecule has 4 aromatic rings. The molecule has 5 nitrogen and oxygen atoms in total. The van der Waals surface area contributed by atoms with Crippen LogP contribution in [0, 0.1) is 6.92 Å². The number of fused-ring (bicyclic) bond motifs is 1. The van der Waals surface area contributed by atoms with Gasteiger partial charge in [-0.1, -0.05) is 66.2 Å². The number of hydrogen-bond acceptors (Lipinski definition) is 3. The van der Waals surface area contributed by atoms with Crippen molar-refractivity contribution in [2.75, 3.05) is 0 Å². The summed E-state index contributed by atoms with van der Waals surface area (Å²) in [6.45, 7) is 3.94. The molecule has 0 radical (unpaired) electrons. The summed E-state index contributed by atoms with van der Waals surface area (Å²) in [6, 6.07) is 21.1. The molecular weight excluding hydrogens is 374 g/mol. The summed E-state index contributed by atoms with van der Waals surface area (Å²) in [5, 5.41) is 3.72. The smallest absolute Gasteiger partial charge is 0.277 e. The lowest BCUT2D eigenvalue weighted by Crippen LogP contribution is -2.33. The highest BCUT2D eigenvalue weighted by Crippen LogP contribution is 2.30. The molecule has 4 rings (SSSR count). The van der Waals surface area contributed by atoms with Crippen LogP contribution >= 0.6 is 0 Å². The average molecular weight is 397 g/mol. The Balaban J connectivity index is 1.91. The lowest BCUT2D eigenvalue weighted by atomic mass is 9.97. The minimum atomic E-state index is -0.299. The van der Waals surface area contributed by atoms with Gasteiger partial charge < -0.3 is 9.88 Å². The van der Waals surface area contributed by atoms with Crippen LogP contribution in [-0.2, 0) is 7.05 Å². The first-order chi connectivity index (χ1) is 14.5. The van der Waals surface area contributed by atoms with Crippen LogP contribution < -0.4 is 10.9 Å². The van der Waals surface area contributed by atoms with Gasteiger partial charge >= 0.3 is 0 Å². The van der Waals surface area contributed by atoms with E-state index in [9.17, 15) is 9.59 Å². The third-order valence-corrected chi connectivity index (χ3v) is 5.36. The Morgan fingerprint density at radius 2 is 1.70 bits per heavy atom.